The van der Waals surface area contributed by atoms with Gasteiger partial charge in [-0.25, -0.2) is 4.79 Å². The predicted molar refractivity (Wildman–Crippen MR) is 90.5 cm³/mol. The Morgan fingerprint density at radius 1 is 1.21 bits per heavy atom. The van der Waals surface area contributed by atoms with Gasteiger partial charge in [0.05, 0.1) is 13.2 Å². The molecule has 1 aliphatic rings. The summed E-state index contributed by atoms with van der Waals surface area (Å²) in [6.45, 7) is 5.15. The summed E-state index contributed by atoms with van der Waals surface area (Å²) in [5, 5.41) is 3.16. The Labute approximate surface area is 143 Å². The molecule has 6 heteroatoms. The Bertz CT molecular complexity index is 535. The average molecular weight is 334 g/mol. The standard InChI is InChI=1S/C18H26N2O4/c1-3-23-17(21)11-19-16-10-9-14(2)20(12-16)18(22)24-13-15-7-5-4-6-8-15/h4-8,14,16,19H,3,9-13H2,1-2H3/t14-,16+/m1/s1. The van der Waals surface area contributed by atoms with Gasteiger partial charge >= 0.3 is 12.1 Å². The number of hydrogen-bond donors (Lipinski definition) is 1. The van der Waals surface area contributed by atoms with Gasteiger partial charge in [-0.3, -0.25) is 4.79 Å². The van der Waals surface area contributed by atoms with Gasteiger partial charge in [0, 0.05) is 18.6 Å². The number of carbonyl (C=O) groups is 2. The Hall–Kier alpha value is -2.08. The molecule has 0 aliphatic carbocycles. The van der Waals surface area contributed by atoms with Gasteiger partial charge in [-0.05, 0) is 32.3 Å². The molecule has 24 heavy (non-hydrogen) atoms. The van der Waals surface area contributed by atoms with E-state index in [0.29, 0.717) is 13.2 Å². The summed E-state index contributed by atoms with van der Waals surface area (Å²) < 4.78 is 10.3. The molecular formula is C18H26N2O4. The molecule has 1 amide bonds. The van der Waals surface area contributed by atoms with Gasteiger partial charge < -0.3 is 19.7 Å². The van der Waals surface area contributed by atoms with E-state index in [1.807, 2.05) is 37.3 Å². The molecular weight excluding hydrogens is 308 g/mol. The van der Waals surface area contributed by atoms with Gasteiger partial charge in [0.15, 0.2) is 0 Å². The Kier molecular flexibility index (Phi) is 7.06. The summed E-state index contributed by atoms with van der Waals surface area (Å²) in [5.41, 5.74) is 0.965. The molecule has 2 atom stereocenters. The van der Waals surface area contributed by atoms with Crippen molar-refractivity contribution in [3.63, 3.8) is 0 Å². The second kappa shape index (κ2) is 9.27. The predicted octanol–water partition coefficient (Wildman–Crippen LogP) is 2.33. The number of benzene rings is 1. The summed E-state index contributed by atoms with van der Waals surface area (Å²) in [7, 11) is 0. The highest BCUT2D eigenvalue weighted by molar-refractivity contribution is 5.71. The quantitative estimate of drug-likeness (QED) is 0.809. The molecule has 0 spiro atoms. The van der Waals surface area contributed by atoms with Crippen molar-refractivity contribution in [2.45, 2.75) is 45.4 Å². The van der Waals surface area contributed by atoms with E-state index in [-0.39, 0.29) is 37.3 Å². The zero-order valence-electron chi connectivity index (χ0n) is 14.4. The maximum Gasteiger partial charge on any atom is 0.410 e. The van der Waals surface area contributed by atoms with Crippen LogP contribution in [0.25, 0.3) is 0 Å². The maximum atomic E-state index is 12.4. The van der Waals surface area contributed by atoms with Crippen LogP contribution < -0.4 is 5.32 Å². The van der Waals surface area contributed by atoms with E-state index < -0.39 is 0 Å². The van der Waals surface area contributed by atoms with Crippen LogP contribution in [0.15, 0.2) is 30.3 Å². The van der Waals surface area contributed by atoms with Crippen molar-refractivity contribution in [1.82, 2.24) is 10.2 Å². The monoisotopic (exact) mass is 334 g/mol. The Morgan fingerprint density at radius 3 is 2.67 bits per heavy atom. The number of nitrogens with one attached hydrogen (secondary N) is 1. The number of ether oxygens (including phenoxy) is 2. The molecule has 0 bridgehead atoms. The lowest BCUT2D eigenvalue weighted by Crippen LogP contribution is -2.52. The summed E-state index contributed by atoms with van der Waals surface area (Å²) in [6, 6.07) is 9.83. The first-order valence-corrected chi connectivity index (χ1v) is 8.46. The fourth-order valence-corrected chi connectivity index (χ4v) is 2.77. The lowest BCUT2D eigenvalue weighted by molar-refractivity contribution is -0.142. The van der Waals surface area contributed by atoms with Crippen molar-refractivity contribution >= 4 is 12.1 Å². The minimum atomic E-state index is -0.311. The van der Waals surface area contributed by atoms with E-state index >= 15 is 0 Å². The van der Waals surface area contributed by atoms with Crippen LogP contribution in [0, 0.1) is 0 Å². The van der Waals surface area contributed by atoms with Crippen LogP contribution >= 0.6 is 0 Å². The van der Waals surface area contributed by atoms with Crippen LogP contribution in [-0.2, 0) is 20.9 Å². The third kappa shape index (κ3) is 5.53. The molecule has 0 radical (unpaired) electrons. The Morgan fingerprint density at radius 2 is 1.96 bits per heavy atom. The van der Waals surface area contributed by atoms with Crippen LogP contribution in [0.4, 0.5) is 4.79 Å². The van der Waals surface area contributed by atoms with E-state index in [9.17, 15) is 9.59 Å². The summed E-state index contributed by atoms with van der Waals surface area (Å²) in [5.74, 6) is -0.269. The largest absolute Gasteiger partial charge is 0.465 e. The lowest BCUT2D eigenvalue weighted by atomic mass is 10.00. The lowest BCUT2D eigenvalue weighted by Gasteiger charge is -2.37. The first-order valence-electron chi connectivity index (χ1n) is 8.46. The average Bonchev–Trinajstić information content (AvgIpc) is 2.60. The van der Waals surface area contributed by atoms with Crippen LogP contribution in [0.5, 0.6) is 0 Å². The molecule has 2 rings (SSSR count). The molecule has 1 saturated heterocycles. The smallest absolute Gasteiger partial charge is 0.410 e. The zero-order valence-corrected chi connectivity index (χ0v) is 14.4. The number of nitrogens with zero attached hydrogens (tertiary/aromatic N) is 1. The highest BCUT2D eigenvalue weighted by Gasteiger charge is 2.30. The molecule has 1 fully saturated rings. The second-order valence-electron chi connectivity index (χ2n) is 6.00. The van der Waals surface area contributed by atoms with Gasteiger partial charge in [0.1, 0.15) is 6.61 Å². The zero-order chi connectivity index (χ0) is 17.4. The fraction of sp³-hybridized carbons (Fsp3) is 0.556. The van der Waals surface area contributed by atoms with Crippen molar-refractivity contribution in [3.8, 4) is 0 Å². The van der Waals surface area contributed by atoms with Gasteiger partial charge in [-0.15, -0.1) is 0 Å². The molecule has 1 N–H and O–H groups in total. The molecule has 132 valence electrons. The van der Waals surface area contributed by atoms with Crippen molar-refractivity contribution in [2.75, 3.05) is 19.7 Å². The Balaban J connectivity index is 1.81. The molecule has 0 aromatic heterocycles. The minimum Gasteiger partial charge on any atom is -0.465 e. The number of esters is 1. The molecule has 6 nitrogen and oxygen atoms in total. The SMILES string of the molecule is CCOC(=O)CN[C@H]1CC[C@@H](C)N(C(=O)OCc2ccccc2)C1. The van der Waals surface area contributed by atoms with Gasteiger partial charge in [0.25, 0.3) is 0 Å². The number of carbonyl (C=O) groups excluding carboxylic acids is 2. The molecule has 1 aromatic rings. The van der Waals surface area contributed by atoms with E-state index in [0.717, 1.165) is 18.4 Å². The molecule has 1 aliphatic heterocycles. The van der Waals surface area contributed by atoms with Crippen LogP contribution in [0.1, 0.15) is 32.3 Å². The first kappa shape index (κ1) is 18.3. The number of likely N-dealkylation sites (tertiary alicyclic amines) is 1. The molecule has 0 unspecified atom stereocenters. The van der Waals surface area contributed by atoms with Crippen molar-refractivity contribution in [3.05, 3.63) is 35.9 Å². The van der Waals surface area contributed by atoms with E-state index in [1.54, 1.807) is 11.8 Å². The number of piperidine rings is 1. The van der Waals surface area contributed by atoms with Crippen LogP contribution in [0.2, 0.25) is 0 Å². The number of hydrogen-bond acceptors (Lipinski definition) is 5. The van der Waals surface area contributed by atoms with Gasteiger partial charge in [-0.2, -0.15) is 0 Å². The van der Waals surface area contributed by atoms with Crippen LogP contribution in [-0.4, -0.2) is 48.7 Å². The van der Waals surface area contributed by atoms with E-state index in [1.165, 1.54) is 0 Å². The van der Waals surface area contributed by atoms with Gasteiger partial charge in [-0.1, -0.05) is 30.3 Å². The number of amides is 1. The summed E-state index contributed by atoms with van der Waals surface area (Å²) in [4.78, 5) is 25.5. The summed E-state index contributed by atoms with van der Waals surface area (Å²) >= 11 is 0. The third-order valence-corrected chi connectivity index (χ3v) is 4.16. The topological polar surface area (TPSA) is 67.9 Å². The highest BCUT2D eigenvalue weighted by atomic mass is 16.6. The molecule has 1 aromatic carbocycles. The van der Waals surface area contributed by atoms with Crippen molar-refractivity contribution in [2.24, 2.45) is 0 Å². The van der Waals surface area contributed by atoms with Gasteiger partial charge in [0.2, 0.25) is 0 Å². The second-order valence-corrected chi connectivity index (χ2v) is 6.00. The number of rotatable bonds is 6. The normalized spacial score (nSPS) is 20.5. The minimum absolute atomic E-state index is 0.0786. The maximum absolute atomic E-state index is 12.4. The fourth-order valence-electron chi connectivity index (χ4n) is 2.77. The van der Waals surface area contributed by atoms with Crippen molar-refractivity contribution in [1.29, 1.82) is 0 Å². The third-order valence-electron chi connectivity index (χ3n) is 4.16. The van der Waals surface area contributed by atoms with Crippen LogP contribution in [0.3, 0.4) is 0 Å². The molecule has 1 heterocycles. The summed E-state index contributed by atoms with van der Waals surface area (Å²) in [6.07, 6.45) is 1.48. The van der Waals surface area contributed by atoms with Crippen molar-refractivity contribution < 1.29 is 19.1 Å². The molecule has 0 saturated carbocycles. The van der Waals surface area contributed by atoms with E-state index in [2.05, 4.69) is 5.32 Å². The first-order chi connectivity index (χ1) is 11.6. The highest BCUT2D eigenvalue weighted by Crippen LogP contribution is 2.18. The van der Waals surface area contributed by atoms with E-state index in [4.69, 9.17) is 9.47 Å².